The maximum absolute atomic E-state index is 12.6. The van der Waals surface area contributed by atoms with Crippen molar-refractivity contribution >= 4 is 28.0 Å². The lowest BCUT2D eigenvalue weighted by molar-refractivity contribution is -0.115. The quantitative estimate of drug-likeness (QED) is 0.609. The monoisotopic (exact) mass is 355 g/mol. The van der Waals surface area contributed by atoms with Crippen molar-refractivity contribution in [3.8, 4) is 0 Å². The molecule has 0 spiro atoms. The van der Waals surface area contributed by atoms with E-state index in [1.165, 1.54) is 0 Å². The van der Waals surface area contributed by atoms with Crippen molar-refractivity contribution in [2.75, 3.05) is 0 Å². The molecular formula is C24H21NO2. The fraction of sp³-hybridized carbons (Fsp3) is 0.167. The Hall–Kier alpha value is -3.20. The molecule has 0 amide bonds. The Morgan fingerprint density at radius 2 is 1.63 bits per heavy atom. The smallest absolute Gasteiger partial charge is 0.168 e. The Labute approximate surface area is 158 Å². The van der Waals surface area contributed by atoms with Crippen LogP contribution in [-0.4, -0.2) is 16.6 Å². The van der Waals surface area contributed by atoms with E-state index in [4.69, 9.17) is 4.99 Å². The maximum Gasteiger partial charge on any atom is 0.168 e. The van der Waals surface area contributed by atoms with Crippen molar-refractivity contribution in [1.29, 1.82) is 0 Å². The number of para-hydroxylation sites is 1. The number of carbonyl (C=O) groups excluding carboxylic acids is 1. The predicted molar refractivity (Wildman–Crippen MR) is 110 cm³/mol. The first-order valence-corrected chi connectivity index (χ1v) is 9.27. The summed E-state index contributed by atoms with van der Waals surface area (Å²) >= 11 is 0. The number of benzene rings is 3. The van der Waals surface area contributed by atoms with Gasteiger partial charge >= 0.3 is 0 Å². The summed E-state index contributed by atoms with van der Waals surface area (Å²) in [6.07, 6.45) is 2.19. The third kappa shape index (κ3) is 3.68. The zero-order valence-corrected chi connectivity index (χ0v) is 15.1. The Morgan fingerprint density at radius 1 is 0.889 bits per heavy atom. The highest BCUT2D eigenvalue weighted by molar-refractivity contribution is 6.24. The molecule has 134 valence electrons. The van der Waals surface area contributed by atoms with Crippen LogP contribution >= 0.6 is 0 Å². The number of carbonyl (C=O) groups is 1. The van der Waals surface area contributed by atoms with Crippen molar-refractivity contribution in [2.45, 2.75) is 25.7 Å². The summed E-state index contributed by atoms with van der Waals surface area (Å²) in [6.45, 7) is 0. The summed E-state index contributed by atoms with van der Waals surface area (Å²) in [7, 11) is 0. The SMILES string of the molecule is O=C1CCCC(O)=C1C(Cc1cccc2ccccc12)=Nc1ccccc1. The van der Waals surface area contributed by atoms with Gasteiger partial charge in [-0.1, -0.05) is 60.7 Å². The molecule has 0 aliphatic heterocycles. The molecule has 3 aromatic carbocycles. The zero-order valence-electron chi connectivity index (χ0n) is 15.1. The molecule has 3 heteroatoms. The first kappa shape index (κ1) is 17.2. The fourth-order valence-electron chi connectivity index (χ4n) is 3.62. The van der Waals surface area contributed by atoms with Crippen LogP contribution in [-0.2, 0) is 11.2 Å². The normalized spacial score (nSPS) is 15.4. The van der Waals surface area contributed by atoms with Gasteiger partial charge in [0.15, 0.2) is 5.78 Å². The number of nitrogens with zero attached hydrogens (tertiary/aromatic N) is 1. The van der Waals surface area contributed by atoms with E-state index in [0.717, 1.165) is 22.0 Å². The molecule has 0 aromatic heterocycles. The Bertz CT molecular complexity index is 1040. The summed E-state index contributed by atoms with van der Waals surface area (Å²) in [5.41, 5.74) is 2.92. The number of rotatable bonds is 4. The topological polar surface area (TPSA) is 49.7 Å². The van der Waals surface area contributed by atoms with Crippen LogP contribution in [0.5, 0.6) is 0 Å². The van der Waals surface area contributed by atoms with E-state index in [-0.39, 0.29) is 11.5 Å². The molecule has 1 aliphatic carbocycles. The second-order valence-electron chi connectivity index (χ2n) is 6.81. The number of Topliss-reactive ketones (excluding diaryl/α,β-unsaturated/α-hetero) is 1. The van der Waals surface area contributed by atoms with Crippen molar-refractivity contribution in [1.82, 2.24) is 0 Å². The maximum atomic E-state index is 12.6. The van der Waals surface area contributed by atoms with Crippen LogP contribution in [0.4, 0.5) is 5.69 Å². The van der Waals surface area contributed by atoms with Crippen molar-refractivity contribution in [3.63, 3.8) is 0 Å². The molecule has 1 aliphatic rings. The fourth-order valence-corrected chi connectivity index (χ4v) is 3.62. The highest BCUT2D eigenvalue weighted by Gasteiger charge is 2.25. The van der Waals surface area contributed by atoms with Gasteiger partial charge in [0.25, 0.3) is 0 Å². The van der Waals surface area contributed by atoms with Gasteiger partial charge < -0.3 is 5.11 Å². The second-order valence-corrected chi connectivity index (χ2v) is 6.81. The zero-order chi connectivity index (χ0) is 18.6. The lowest BCUT2D eigenvalue weighted by Crippen LogP contribution is -2.21. The third-order valence-electron chi connectivity index (χ3n) is 4.93. The van der Waals surface area contributed by atoms with Crippen molar-refractivity contribution in [2.24, 2.45) is 4.99 Å². The van der Waals surface area contributed by atoms with Crippen LogP contribution in [0.3, 0.4) is 0 Å². The molecule has 27 heavy (non-hydrogen) atoms. The lowest BCUT2D eigenvalue weighted by atomic mass is 9.89. The van der Waals surface area contributed by atoms with Gasteiger partial charge in [-0.3, -0.25) is 9.79 Å². The molecule has 0 saturated heterocycles. The first-order chi connectivity index (χ1) is 13.2. The number of hydrogen-bond donors (Lipinski definition) is 1. The summed E-state index contributed by atoms with van der Waals surface area (Å²) < 4.78 is 0. The Kier molecular flexibility index (Phi) is 4.84. The van der Waals surface area contributed by atoms with Crippen LogP contribution < -0.4 is 0 Å². The average Bonchev–Trinajstić information content (AvgIpc) is 2.69. The van der Waals surface area contributed by atoms with Gasteiger partial charge in [0.2, 0.25) is 0 Å². The van der Waals surface area contributed by atoms with E-state index in [1.807, 2.05) is 48.5 Å². The molecule has 4 rings (SSSR count). The standard InChI is InChI=1S/C24H21NO2/c26-22-14-7-15-23(27)24(22)21(25-19-11-2-1-3-12-19)16-18-10-6-9-17-8-4-5-13-20(17)18/h1-6,8-13,26H,7,14-16H2. The summed E-state index contributed by atoms with van der Waals surface area (Å²) in [4.78, 5) is 17.4. The van der Waals surface area contributed by atoms with Gasteiger partial charge in [0.1, 0.15) is 5.76 Å². The minimum absolute atomic E-state index is 0.0198. The van der Waals surface area contributed by atoms with Crippen LogP contribution in [0.15, 0.2) is 89.1 Å². The number of aliphatic hydroxyl groups excluding tert-OH is 1. The van der Waals surface area contributed by atoms with Gasteiger partial charge in [-0.15, -0.1) is 0 Å². The molecule has 0 atom stereocenters. The van der Waals surface area contributed by atoms with Crippen molar-refractivity contribution < 1.29 is 9.90 Å². The molecule has 0 saturated carbocycles. The van der Waals surface area contributed by atoms with E-state index in [0.29, 0.717) is 37.0 Å². The summed E-state index contributed by atoms with van der Waals surface area (Å²) in [6, 6.07) is 24.0. The van der Waals surface area contributed by atoms with Crippen LogP contribution in [0.2, 0.25) is 0 Å². The van der Waals surface area contributed by atoms with E-state index >= 15 is 0 Å². The Morgan fingerprint density at radius 3 is 2.44 bits per heavy atom. The van der Waals surface area contributed by atoms with Gasteiger partial charge in [-0.2, -0.15) is 0 Å². The summed E-state index contributed by atoms with van der Waals surface area (Å²) in [5.74, 6) is 0.148. The number of ketones is 1. The van der Waals surface area contributed by atoms with Crippen molar-refractivity contribution in [3.05, 3.63) is 89.7 Å². The lowest BCUT2D eigenvalue weighted by Gasteiger charge is -2.18. The van der Waals surface area contributed by atoms with Gasteiger partial charge in [0.05, 0.1) is 17.0 Å². The van der Waals surface area contributed by atoms with E-state index in [1.54, 1.807) is 0 Å². The molecule has 1 N–H and O–H groups in total. The van der Waals surface area contributed by atoms with Crippen LogP contribution in [0.25, 0.3) is 10.8 Å². The highest BCUT2D eigenvalue weighted by atomic mass is 16.3. The van der Waals surface area contributed by atoms with Crippen LogP contribution in [0.1, 0.15) is 24.8 Å². The molecule has 0 fully saturated rings. The number of fused-ring (bicyclic) bond motifs is 1. The van der Waals surface area contributed by atoms with E-state index in [2.05, 4.69) is 24.3 Å². The second kappa shape index (κ2) is 7.58. The molecule has 0 radical (unpaired) electrons. The molecule has 0 bridgehead atoms. The third-order valence-corrected chi connectivity index (χ3v) is 4.93. The summed E-state index contributed by atoms with van der Waals surface area (Å²) in [5, 5.41) is 12.8. The number of hydrogen-bond acceptors (Lipinski definition) is 3. The van der Waals surface area contributed by atoms with E-state index in [9.17, 15) is 9.90 Å². The van der Waals surface area contributed by atoms with Gasteiger partial charge in [-0.25, -0.2) is 0 Å². The minimum Gasteiger partial charge on any atom is -0.511 e. The first-order valence-electron chi connectivity index (χ1n) is 9.27. The number of allylic oxidation sites excluding steroid dienone is 2. The highest BCUT2D eigenvalue weighted by Crippen LogP contribution is 2.27. The minimum atomic E-state index is -0.0198. The Balaban J connectivity index is 1.83. The molecule has 3 aromatic rings. The predicted octanol–water partition coefficient (Wildman–Crippen LogP) is 5.72. The molecular weight excluding hydrogens is 334 g/mol. The molecule has 0 heterocycles. The molecule has 0 unspecified atom stereocenters. The van der Waals surface area contributed by atoms with Crippen LogP contribution in [0, 0.1) is 0 Å². The average molecular weight is 355 g/mol. The largest absolute Gasteiger partial charge is 0.511 e. The van der Waals surface area contributed by atoms with Gasteiger partial charge in [-0.05, 0) is 34.9 Å². The van der Waals surface area contributed by atoms with Gasteiger partial charge in [0, 0.05) is 19.3 Å². The van der Waals surface area contributed by atoms with E-state index < -0.39 is 0 Å². The molecule has 3 nitrogen and oxygen atoms in total. The number of aliphatic imine (C=N–C) groups is 1. The number of aliphatic hydroxyl groups is 1.